The SMILES string of the molecule is O=S(=O)(c1ccc(-c2csc(Nc3ccccc3F)n2)cc1)N1CCOCC1. The molecule has 1 saturated heterocycles. The van der Waals surface area contributed by atoms with Crippen molar-refractivity contribution in [1.82, 2.24) is 9.29 Å². The molecule has 3 aromatic rings. The average molecular weight is 420 g/mol. The van der Waals surface area contributed by atoms with Gasteiger partial charge in [-0.2, -0.15) is 4.31 Å². The summed E-state index contributed by atoms with van der Waals surface area (Å²) in [6, 6.07) is 13.0. The number of rotatable bonds is 5. The first-order chi connectivity index (χ1) is 13.5. The fourth-order valence-corrected chi connectivity index (χ4v) is 5.02. The molecule has 9 heteroatoms. The van der Waals surface area contributed by atoms with Gasteiger partial charge in [0, 0.05) is 24.0 Å². The van der Waals surface area contributed by atoms with E-state index >= 15 is 0 Å². The Labute approximate surface area is 166 Å². The quantitative estimate of drug-likeness (QED) is 0.683. The van der Waals surface area contributed by atoms with Crippen LogP contribution < -0.4 is 5.32 Å². The highest BCUT2D eigenvalue weighted by Crippen LogP contribution is 2.29. The van der Waals surface area contributed by atoms with Crippen LogP contribution in [0.3, 0.4) is 0 Å². The Hall–Kier alpha value is -2.33. The number of benzene rings is 2. The van der Waals surface area contributed by atoms with Crippen LogP contribution in [0.2, 0.25) is 0 Å². The van der Waals surface area contributed by atoms with E-state index in [1.54, 1.807) is 42.5 Å². The van der Waals surface area contributed by atoms with E-state index in [1.165, 1.54) is 21.7 Å². The lowest BCUT2D eigenvalue weighted by Crippen LogP contribution is -2.40. The van der Waals surface area contributed by atoms with Gasteiger partial charge >= 0.3 is 0 Å². The summed E-state index contributed by atoms with van der Waals surface area (Å²) in [6.07, 6.45) is 0. The van der Waals surface area contributed by atoms with Crippen LogP contribution in [-0.2, 0) is 14.8 Å². The van der Waals surface area contributed by atoms with Gasteiger partial charge < -0.3 is 10.1 Å². The molecule has 1 N–H and O–H groups in total. The minimum Gasteiger partial charge on any atom is -0.379 e. The van der Waals surface area contributed by atoms with Crippen LogP contribution in [0.1, 0.15) is 0 Å². The monoisotopic (exact) mass is 419 g/mol. The lowest BCUT2D eigenvalue weighted by atomic mass is 10.2. The number of hydrogen-bond acceptors (Lipinski definition) is 6. The molecular weight excluding hydrogens is 401 g/mol. The zero-order chi connectivity index (χ0) is 19.6. The predicted molar refractivity (Wildman–Crippen MR) is 107 cm³/mol. The van der Waals surface area contributed by atoms with E-state index in [-0.39, 0.29) is 10.7 Å². The van der Waals surface area contributed by atoms with Gasteiger partial charge in [-0.05, 0) is 24.3 Å². The molecule has 1 aliphatic rings. The molecule has 0 saturated carbocycles. The first-order valence-corrected chi connectivity index (χ1v) is 11.0. The number of thiazole rings is 1. The summed E-state index contributed by atoms with van der Waals surface area (Å²) in [6.45, 7) is 1.55. The van der Waals surface area contributed by atoms with E-state index in [2.05, 4.69) is 10.3 Å². The highest BCUT2D eigenvalue weighted by atomic mass is 32.2. The molecule has 2 heterocycles. The molecular formula is C19H18FN3O3S2. The van der Waals surface area contributed by atoms with Crippen molar-refractivity contribution in [3.8, 4) is 11.3 Å². The Balaban J connectivity index is 1.51. The van der Waals surface area contributed by atoms with Gasteiger partial charge in [-0.3, -0.25) is 0 Å². The molecule has 0 spiro atoms. The molecule has 1 fully saturated rings. The van der Waals surface area contributed by atoms with Crippen LogP contribution in [0.4, 0.5) is 15.2 Å². The van der Waals surface area contributed by atoms with Gasteiger partial charge in [0.15, 0.2) is 5.13 Å². The third-order valence-corrected chi connectivity index (χ3v) is 7.05. The van der Waals surface area contributed by atoms with Gasteiger partial charge in [-0.25, -0.2) is 17.8 Å². The summed E-state index contributed by atoms with van der Waals surface area (Å²) >= 11 is 1.35. The number of anilines is 2. The molecule has 146 valence electrons. The van der Waals surface area contributed by atoms with Crippen LogP contribution in [0.5, 0.6) is 0 Å². The highest BCUT2D eigenvalue weighted by molar-refractivity contribution is 7.89. The van der Waals surface area contributed by atoms with Crippen LogP contribution >= 0.6 is 11.3 Å². The van der Waals surface area contributed by atoms with E-state index in [0.29, 0.717) is 42.8 Å². The fraction of sp³-hybridized carbons (Fsp3) is 0.211. The molecule has 1 aromatic heterocycles. The number of para-hydroxylation sites is 1. The Kier molecular flexibility index (Phi) is 5.40. The molecule has 6 nitrogen and oxygen atoms in total. The minimum absolute atomic E-state index is 0.248. The van der Waals surface area contributed by atoms with Crippen molar-refractivity contribution < 1.29 is 17.5 Å². The molecule has 0 aliphatic carbocycles. The van der Waals surface area contributed by atoms with Gasteiger partial charge in [0.1, 0.15) is 5.82 Å². The maximum absolute atomic E-state index is 13.8. The molecule has 0 amide bonds. The topological polar surface area (TPSA) is 71.5 Å². The summed E-state index contributed by atoms with van der Waals surface area (Å²) in [4.78, 5) is 4.71. The second-order valence-corrected chi connectivity index (χ2v) is 8.98. The van der Waals surface area contributed by atoms with Gasteiger partial charge in [-0.15, -0.1) is 11.3 Å². The van der Waals surface area contributed by atoms with Crippen molar-refractivity contribution in [2.24, 2.45) is 0 Å². The fourth-order valence-electron chi connectivity index (χ4n) is 2.88. The first kappa shape index (κ1) is 19.0. The normalized spacial score (nSPS) is 15.5. The standard InChI is InChI=1S/C19H18FN3O3S2/c20-16-3-1-2-4-17(16)21-19-22-18(13-27-19)14-5-7-15(8-6-14)28(24,25)23-9-11-26-12-10-23/h1-8,13H,9-12H2,(H,21,22). The number of hydrogen-bond donors (Lipinski definition) is 1. The number of aromatic nitrogens is 1. The minimum atomic E-state index is -3.52. The van der Waals surface area contributed by atoms with Crippen molar-refractivity contribution in [2.75, 3.05) is 31.6 Å². The lowest BCUT2D eigenvalue weighted by molar-refractivity contribution is 0.0730. The Morgan fingerprint density at radius 2 is 1.79 bits per heavy atom. The van der Waals surface area contributed by atoms with Crippen LogP contribution in [0, 0.1) is 5.82 Å². The zero-order valence-electron chi connectivity index (χ0n) is 14.8. The van der Waals surface area contributed by atoms with Crippen LogP contribution in [-0.4, -0.2) is 44.0 Å². The van der Waals surface area contributed by atoms with Crippen LogP contribution in [0.15, 0.2) is 58.8 Å². The Morgan fingerprint density at radius 1 is 1.07 bits per heavy atom. The van der Waals surface area contributed by atoms with Gasteiger partial charge in [0.2, 0.25) is 10.0 Å². The largest absolute Gasteiger partial charge is 0.379 e. The summed E-state index contributed by atoms with van der Waals surface area (Å²) < 4.78 is 45.8. The first-order valence-electron chi connectivity index (χ1n) is 8.69. The molecule has 0 radical (unpaired) electrons. The van der Waals surface area contributed by atoms with Gasteiger partial charge in [0.05, 0.1) is 29.5 Å². The Bertz CT molecular complexity index is 1060. The highest BCUT2D eigenvalue weighted by Gasteiger charge is 2.26. The second kappa shape index (κ2) is 7.96. The summed E-state index contributed by atoms with van der Waals surface area (Å²) in [5.41, 5.74) is 1.84. The van der Waals surface area contributed by atoms with Gasteiger partial charge in [-0.1, -0.05) is 24.3 Å². The molecule has 0 unspecified atom stereocenters. The molecule has 4 rings (SSSR count). The van der Waals surface area contributed by atoms with E-state index < -0.39 is 10.0 Å². The number of ether oxygens (including phenoxy) is 1. The van der Waals surface area contributed by atoms with Crippen LogP contribution in [0.25, 0.3) is 11.3 Å². The molecule has 0 atom stereocenters. The van der Waals surface area contributed by atoms with E-state index in [4.69, 9.17) is 4.74 Å². The average Bonchev–Trinajstić information content (AvgIpc) is 3.19. The molecule has 1 aliphatic heterocycles. The molecule has 2 aromatic carbocycles. The lowest BCUT2D eigenvalue weighted by Gasteiger charge is -2.26. The van der Waals surface area contributed by atoms with E-state index in [1.807, 2.05) is 5.38 Å². The van der Waals surface area contributed by atoms with Gasteiger partial charge in [0.25, 0.3) is 0 Å². The zero-order valence-corrected chi connectivity index (χ0v) is 16.5. The van der Waals surface area contributed by atoms with Crippen molar-refractivity contribution in [3.05, 3.63) is 59.7 Å². The number of sulfonamides is 1. The smallest absolute Gasteiger partial charge is 0.243 e. The van der Waals surface area contributed by atoms with E-state index in [0.717, 1.165) is 5.56 Å². The second-order valence-electron chi connectivity index (χ2n) is 6.18. The number of nitrogens with zero attached hydrogens (tertiary/aromatic N) is 2. The summed E-state index contributed by atoms with van der Waals surface area (Å²) in [5, 5.41) is 5.36. The van der Waals surface area contributed by atoms with Crippen molar-refractivity contribution >= 4 is 32.2 Å². The summed E-state index contributed by atoms with van der Waals surface area (Å²) in [5.74, 6) is -0.350. The third kappa shape index (κ3) is 3.93. The summed E-state index contributed by atoms with van der Waals surface area (Å²) in [7, 11) is -3.52. The molecule has 0 bridgehead atoms. The Morgan fingerprint density at radius 3 is 2.50 bits per heavy atom. The molecule has 28 heavy (non-hydrogen) atoms. The third-order valence-electron chi connectivity index (χ3n) is 4.38. The number of morpholine rings is 1. The van der Waals surface area contributed by atoms with Crippen molar-refractivity contribution in [2.45, 2.75) is 4.90 Å². The van der Waals surface area contributed by atoms with Crippen molar-refractivity contribution in [3.63, 3.8) is 0 Å². The maximum Gasteiger partial charge on any atom is 0.243 e. The van der Waals surface area contributed by atoms with E-state index in [9.17, 15) is 12.8 Å². The maximum atomic E-state index is 13.8. The number of halogens is 1. The number of nitrogens with one attached hydrogen (secondary N) is 1. The van der Waals surface area contributed by atoms with Crippen molar-refractivity contribution in [1.29, 1.82) is 0 Å². The predicted octanol–water partition coefficient (Wildman–Crippen LogP) is 3.71.